The average molecular weight is 385 g/mol. The van der Waals surface area contributed by atoms with Gasteiger partial charge in [-0.2, -0.15) is 0 Å². The molecule has 1 heterocycles. The summed E-state index contributed by atoms with van der Waals surface area (Å²) in [5.74, 6) is -0.135. The summed E-state index contributed by atoms with van der Waals surface area (Å²) < 4.78 is 3.33. The van der Waals surface area contributed by atoms with Crippen LogP contribution in [-0.4, -0.2) is 21.1 Å². The van der Waals surface area contributed by atoms with Gasteiger partial charge >= 0.3 is 0 Å². The van der Waals surface area contributed by atoms with Crippen LogP contribution in [0.25, 0.3) is 10.9 Å². The van der Waals surface area contributed by atoms with E-state index in [9.17, 15) is 15.2 Å². The minimum atomic E-state index is -0.515. The molecule has 8 nitrogen and oxygen atoms in total. The number of benzene rings is 2. The third-order valence-electron chi connectivity index (χ3n) is 4.05. The van der Waals surface area contributed by atoms with Crippen LogP contribution in [0.1, 0.15) is 20.3 Å². The maximum Gasteiger partial charge on any atom is 0.296 e. The maximum atomic E-state index is 11.1. The van der Waals surface area contributed by atoms with Crippen molar-refractivity contribution in [1.82, 2.24) is 9.71 Å². The number of hydrogen-bond donors (Lipinski definition) is 3. The Hall–Kier alpha value is -2.91. The number of rotatable bonds is 7. The number of nitrogens with zero attached hydrogens (tertiary/aromatic N) is 3. The van der Waals surface area contributed by atoms with E-state index < -0.39 is 4.92 Å². The molecule has 0 spiro atoms. The first-order valence-electron chi connectivity index (χ1n) is 8.41. The molecule has 0 bridgehead atoms. The molecule has 9 heteroatoms. The van der Waals surface area contributed by atoms with E-state index in [-0.39, 0.29) is 22.9 Å². The van der Waals surface area contributed by atoms with Crippen LogP contribution in [0.2, 0.25) is 0 Å². The van der Waals surface area contributed by atoms with Gasteiger partial charge in [-0.15, -0.1) is 10.2 Å². The number of para-hydroxylation sites is 1. The predicted octanol–water partition coefficient (Wildman–Crippen LogP) is 5.59. The average Bonchev–Trinajstić information content (AvgIpc) is 2.98. The van der Waals surface area contributed by atoms with Crippen LogP contribution >= 0.6 is 11.9 Å². The van der Waals surface area contributed by atoms with Crippen molar-refractivity contribution in [2.75, 3.05) is 0 Å². The summed E-state index contributed by atoms with van der Waals surface area (Å²) in [6.07, 6.45) is 1.01. The highest BCUT2D eigenvalue weighted by atomic mass is 32.2. The molecule has 3 rings (SSSR count). The second kappa shape index (κ2) is 8.19. The summed E-state index contributed by atoms with van der Waals surface area (Å²) in [4.78, 5) is 14.4. The summed E-state index contributed by atoms with van der Waals surface area (Å²) in [5, 5.41) is 30.0. The fourth-order valence-corrected chi connectivity index (χ4v) is 3.18. The summed E-state index contributed by atoms with van der Waals surface area (Å²) in [6, 6.07) is 12.1. The van der Waals surface area contributed by atoms with Crippen molar-refractivity contribution in [1.29, 1.82) is 0 Å². The molecule has 3 aromatic rings. The van der Waals surface area contributed by atoms with Gasteiger partial charge in [-0.05, 0) is 49.6 Å². The van der Waals surface area contributed by atoms with Crippen LogP contribution in [0.5, 0.6) is 5.88 Å². The van der Waals surface area contributed by atoms with Gasteiger partial charge in [-0.1, -0.05) is 19.1 Å². The lowest BCUT2D eigenvalue weighted by Gasteiger charge is -2.09. The van der Waals surface area contributed by atoms with Gasteiger partial charge in [0.05, 0.1) is 10.4 Å². The minimum absolute atomic E-state index is 0.125. The van der Waals surface area contributed by atoms with Crippen molar-refractivity contribution in [2.45, 2.75) is 31.2 Å². The second-order valence-electron chi connectivity index (χ2n) is 6.00. The van der Waals surface area contributed by atoms with Crippen molar-refractivity contribution in [3.8, 4) is 5.88 Å². The van der Waals surface area contributed by atoms with Crippen molar-refractivity contribution in [3.05, 3.63) is 52.6 Å². The number of nitro benzene ring substituents is 1. The molecule has 27 heavy (non-hydrogen) atoms. The van der Waals surface area contributed by atoms with Gasteiger partial charge in [0.2, 0.25) is 5.88 Å². The van der Waals surface area contributed by atoms with Gasteiger partial charge in [0.15, 0.2) is 11.4 Å². The Bertz CT molecular complexity index is 1000. The number of aromatic hydroxyl groups is 1. The highest BCUT2D eigenvalue weighted by Gasteiger charge is 2.14. The first-order valence-corrected chi connectivity index (χ1v) is 9.23. The lowest BCUT2D eigenvalue weighted by atomic mass is 10.2. The molecule has 1 unspecified atom stereocenters. The number of nitrogens with one attached hydrogen (secondary N) is 2. The fourth-order valence-electron chi connectivity index (χ4n) is 2.37. The Morgan fingerprint density at radius 3 is 2.81 bits per heavy atom. The van der Waals surface area contributed by atoms with E-state index in [0.717, 1.165) is 11.3 Å². The summed E-state index contributed by atoms with van der Waals surface area (Å²) in [7, 11) is 0. The number of fused-ring (bicyclic) bond motifs is 1. The predicted molar refractivity (Wildman–Crippen MR) is 106 cm³/mol. The lowest BCUT2D eigenvalue weighted by molar-refractivity contribution is -0.384. The molecule has 0 fully saturated rings. The van der Waals surface area contributed by atoms with Gasteiger partial charge in [0, 0.05) is 22.4 Å². The second-order valence-corrected chi connectivity index (χ2v) is 6.92. The van der Waals surface area contributed by atoms with Crippen LogP contribution in [0.3, 0.4) is 0 Å². The normalized spacial score (nSPS) is 12.7. The fraction of sp³-hybridized carbons (Fsp3) is 0.222. The Morgan fingerprint density at radius 1 is 1.30 bits per heavy atom. The van der Waals surface area contributed by atoms with E-state index >= 15 is 0 Å². The zero-order valence-corrected chi connectivity index (χ0v) is 15.7. The molecule has 3 N–H and O–H groups in total. The Kier molecular flexibility index (Phi) is 5.72. The molecular weight excluding hydrogens is 366 g/mol. The zero-order chi connectivity index (χ0) is 19.4. The highest BCUT2D eigenvalue weighted by Crippen LogP contribution is 2.38. The first kappa shape index (κ1) is 18.9. The van der Waals surface area contributed by atoms with E-state index in [1.165, 1.54) is 24.1 Å². The molecule has 140 valence electrons. The quantitative estimate of drug-likeness (QED) is 0.212. The van der Waals surface area contributed by atoms with Crippen LogP contribution in [0.15, 0.2) is 57.6 Å². The van der Waals surface area contributed by atoms with Gasteiger partial charge in [0.25, 0.3) is 5.69 Å². The lowest BCUT2D eigenvalue weighted by Crippen LogP contribution is -2.17. The Balaban J connectivity index is 1.94. The number of nitro groups is 1. The topological polar surface area (TPSA) is 116 Å². The third kappa shape index (κ3) is 4.26. The standard InChI is InChI=1S/C18H19N5O3S/c1-3-11(2)22-27-12-8-9-14-13(10-12)17(18(24)19-14)21-20-15-6-4-5-7-16(15)23(25)26/h4-11,19,22,24H,3H2,1-2H3. The molecular formula is C18H19N5O3S. The SMILES string of the molecule is CCC(C)NSc1ccc2[nH]c(O)c(N=Nc3ccccc3[N+](=O)[O-])c2c1. The van der Waals surface area contributed by atoms with Crippen molar-refractivity contribution in [3.63, 3.8) is 0 Å². The van der Waals surface area contributed by atoms with E-state index in [1.807, 2.05) is 18.2 Å². The number of aromatic nitrogens is 1. The van der Waals surface area contributed by atoms with Gasteiger partial charge in [0.1, 0.15) is 0 Å². The molecule has 0 saturated carbocycles. The molecule has 1 atom stereocenters. The maximum absolute atomic E-state index is 11.1. The van der Waals surface area contributed by atoms with Crippen molar-refractivity contribution < 1.29 is 10.0 Å². The molecule has 0 radical (unpaired) electrons. The van der Waals surface area contributed by atoms with Gasteiger partial charge in [-0.3, -0.25) is 14.8 Å². The Morgan fingerprint density at radius 2 is 2.07 bits per heavy atom. The number of aromatic amines is 1. The number of hydrogen-bond acceptors (Lipinski definition) is 7. The molecule has 0 amide bonds. The zero-order valence-electron chi connectivity index (χ0n) is 14.8. The van der Waals surface area contributed by atoms with Crippen LogP contribution in [0.4, 0.5) is 17.1 Å². The largest absolute Gasteiger partial charge is 0.493 e. The molecule has 0 aliphatic rings. The summed E-state index contributed by atoms with van der Waals surface area (Å²) in [5.41, 5.74) is 0.931. The monoisotopic (exact) mass is 385 g/mol. The molecule has 0 aliphatic carbocycles. The van der Waals surface area contributed by atoms with Crippen LogP contribution < -0.4 is 4.72 Å². The molecule has 0 saturated heterocycles. The van der Waals surface area contributed by atoms with Crippen LogP contribution in [0, 0.1) is 10.1 Å². The summed E-state index contributed by atoms with van der Waals surface area (Å²) >= 11 is 1.50. The third-order valence-corrected chi connectivity index (χ3v) is 5.06. The van der Waals surface area contributed by atoms with E-state index in [4.69, 9.17) is 0 Å². The van der Waals surface area contributed by atoms with E-state index in [2.05, 4.69) is 33.8 Å². The molecule has 0 aliphatic heterocycles. The van der Waals surface area contributed by atoms with Crippen LogP contribution in [-0.2, 0) is 0 Å². The van der Waals surface area contributed by atoms with Gasteiger partial charge in [-0.25, -0.2) is 0 Å². The number of H-pyrrole nitrogens is 1. The summed E-state index contributed by atoms with van der Waals surface area (Å²) in [6.45, 7) is 4.20. The minimum Gasteiger partial charge on any atom is -0.493 e. The first-order chi connectivity index (χ1) is 13.0. The smallest absolute Gasteiger partial charge is 0.296 e. The van der Waals surface area contributed by atoms with Crippen molar-refractivity contribution >= 4 is 39.9 Å². The highest BCUT2D eigenvalue weighted by molar-refractivity contribution is 7.97. The van der Waals surface area contributed by atoms with E-state index in [0.29, 0.717) is 16.9 Å². The Labute approximate surface area is 160 Å². The van der Waals surface area contributed by atoms with Crippen molar-refractivity contribution in [2.24, 2.45) is 10.2 Å². The van der Waals surface area contributed by atoms with Gasteiger partial charge < -0.3 is 10.1 Å². The molecule has 2 aromatic carbocycles. The van der Waals surface area contributed by atoms with E-state index in [1.54, 1.807) is 12.1 Å². The number of azo groups is 1. The molecule has 1 aromatic heterocycles.